The van der Waals surface area contributed by atoms with E-state index in [0.717, 1.165) is 13.0 Å². The molecular formula is C14H21N3O2. The van der Waals surface area contributed by atoms with E-state index in [0.29, 0.717) is 19.6 Å². The number of likely N-dealkylation sites (N-methyl/N-ethyl adjacent to an activating group) is 1. The molecule has 1 amide bonds. The molecule has 0 saturated carbocycles. The van der Waals surface area contributed by atoms with Gasteiger partial charge in [-0.1, -0.05) is 30.3 Å². The van der Waals surface area contributed by atoms with E-state index in [4.69, 9.17) is 0 Å². The summed E-state index contributed by atoms with van der Waals surface area (Å²) >= 11 is 0. The highest BCUT2D eigenvalue weighted by Gasteiger charge is 2.36. The summed E-state index contributed by atoms with van der Waals surface area (Å²) in [5.41, 5.74) is 0.990. The van der Waals surface area contributed by atoms with Crippen molar-refractivity contribution < 1.29 is 9.90 Å². The number of benzene rings is 1. The van der Waals surface area contributed by atoms with Crippen LogP contribution in [0.15, 0.2) is 30.3 Å². The van der Waals surface area contributed by atoms with Crippen molar-refractivity contribution in [1.29, 1.82) is 0 Å². The minimum atomic E-state index is -0.838. The third-order valence-corrected chi connectivity index (χ3v) is 3.55. The molecule has 1 atom stereocenters. The van der Waals surface area contributed by atoms with Gasteiger partial charge < -0.3 is 20.6 Å². The monoisotopic (exact) mass is 263 g/mol. The molecule has 0 aromatic heterocycles. The zero-order chi connectivity index (χ0) is 13.7. The van der Waals surface area contributed by atoms with Gasteiger partial charge in [0.1, 0.15) is 0 Å². The standard InChI is InChI=1S/C14H21N3O2/c1-15-10-14(9-12-5-3-2-4-6-12)11-17(13(18)19)8-7-16-14/h2-6,15-16H,7-11H2,1H3,(H,18,19). The molecule has 1 fully saturated rings. The number of hydrogen-bond acceptors (Lipinski definition) is 3. The van der Waals surface area contributed by atoms with Crippen molar-refractivity contribution in [1.82, 2.24) is 15.5 Å². The van der Waals surface area contributed by atoms with E-state index < -0.39 is 6.09 Å². The van der Waals surface area contributed by atoms with E-state index in [1.54, 1.807) is 0 Å². The largest absolute Gasteiger partial charge is 0.465 e. The molecule has 1 aliphatic heterocycles. The molecule has 2 rings (SSSR count). The van der Waals surface area contributed by atoms with E-state index >= 15 is 0 Å². The van der Waals surface area contributed by atoms with E-state index in [-0.39, 0.29) is 5.54 Å². The number of hydrogen-bond donors (Lipinski definition) is 3. The van der Waals surface area contributed by atoms with Crippen LogP contribution >= 0.6 is 0 Å². The van der Waals surface area contributed by atoms with Gasteiger partial charge in [-0.2, -0.15) is 0 Å². The maximum Gasteiger partial charge on any atom is 0.407 e. The third kappa shape index (κ3) is 3.45. The number of amides is 1. The molecule has 5 nitrogen and oxygen atoms in total. The van der Waals surface area contributed by atoms with Gasteiger partial charge in [-0.3, -0.25) is 0 Å². The van der Waals surface area contributed by atoms with Crippen LogP contribution in [0, 0.1) is 0 Å². The maximum absolute atomic E-state index is 11.2. The van der Waals surface area contributed by atoms with Crippen molar-refractivity contribution in [2.75, 3.05) is 33.2 Å². The molecular weight excluding hydrogens is 242 g/mol. The van der Waals surface area contributed by atoms with Crippen LogP contribution in [0.25, 0.3) is 0 Å². The molecule has 0 aliphatic carbocycles. The minimum Gasteiger partial charge on any atom is -0.465 e. The number of carbonyl (C=O) groups is 1. The van der Waals surface area contributed by atoms with Crippen molar-refractivity contribution in [3.05, 3.63) is 35.9 Å². The van der Waals surface area contributed by atoms with Crippen molar-refractivity contribution in [3.63, 3.8) is 0 Å². The van der Waals surface area contributed by atoms with E-state index in [2.05, 4.69) is 22.8 Å². The van der Waals surface area contributed by atoms with E-state index in [1.807, 2.05) is 25.2 Å². The van der Waals surface area contributed by atoms with Crippen LogP contribution in [0.3, 0.4) is 0 Å². The minimum absolute atomic E-state index is 0.229. The molecule has 3 N–H and O–H groups in total. The predicted octanol–water partition coefficient (Wildman–Crippen LogP) is 0.770. The van der Waals surface area contributed by atoms with Gasteiger partial charge in [0, 0.05) is 26.2 Å². The highest BCUT2D eigenvalue weighted by molar-refractivity contribution is 5.65. The quantitative estimate of drug-likeness (QED) is 0.751. The smallest absolute Gasteiger partial charge is 0.407 e. The summed E-state index contributed by atoms with van der Waals surface area (Å²) in [6.07, 6.45) is -0.0200. The fourth-order valence-electron chi connectivity index (χ4n) is 2.74. The third-order valence-electron chi connectivity index (χ3n) is 3.55. The maximum atomic E-state index is 11.2. The van der Waals surface area contributed by atoms with Crippen LogP contribution in [-0.2, 0) is 6.42 Å². The van der Waals surface area contributed by atoms with Gasteiger partial charge >= 0.3 is 6.09 Å². The lowest BCUT2D eigenvalue weighted by atomic mass is 9.88. The van der Waals surface area contributed by atoms with Crippen LogP contribution in [0.5, 0.6) is 0 Å². The molecule has 1 aliphatic rings. The Bertz CT molecular complexity index is 420. The number of carboxylic acid groups (broad SMARTS) is 1. The summed E-state index contributed by atoms with van der Waals surface area (Å²) in [5, 5.41) is 15.9. The molecule has 0 radical (unpaired) electrons. The normalized spacial score (nSPS) is 23.3. The van der Waals surface area contributed by atoms with Gasteiger partial charge in [-0.15, -0.1) is 0 Å². The lowest BCUT2D eigenvalue weighted by molar-refractivity contribution is 0.102. The summed E-state index contributed by atoms with van der Waals surface area (Å²) in [5.74, 6) is 0. The summed E-state index contributed by atoms with van der Waals surface area (Å²) in [6, 6.07) is 10.2. The molecule has 1 saturated heterocycles. The van der Waals surface area contributed by atoms with Gasteiger partial charge in [0.25, 0.3) is 0 Å². The second-order valence-electron chi connectivity index (χ2n) is 5.10. The Balaban J connectivity index is 2.15. The van der Waals surface area contributed by atoms with E-state index in [1.165, 1.54) is 10.5 Å². The molecule has 1 aromatic carbocycles. The Kier molecular flexibility index (Phi) is 4.39. The summed E-state index contributed by atoms with van der Waals surface area (Å²) in [4.78, 5) is 12.7. The first-order valence-corrected chi connectivity index (χ1v) is 6.57. The Labute approximate surface area is 113 Å². The van der Waals surface area contributed by atoms with Gasteiger partial charge in [0.15, 0.2) is 0 Å². The number of rotatable bonds is 4. The fraction of sp³-hybridized carbons (Fsp3) is 0.500. The predicted molar refractivity (Wildman–Crippen MR) is 74.4 cm³/mol. The average Bonchev–Trinajstić information content (AvgIpc) is 2.40. The SMILES string of the molecule is CNCC1(Cc2ccccc2)CN(C(=O)O)CCN1. The molecule has 5 heteroatoms. The Hall–Kier alpha value is -1.59. The molecule has 19 heavy (non-hydrogen) atoms. The summed E-state index contributed by atoms with van der Waals surface area (Å²) in [6.45, 7) is 2.50. The topological polar surface area (TPSA) is 64.6 Å². The Morgan fingerprint density at radius 1 is 1.47 bits per heavy atom. The zero-order valence-electron chi connectivity index (χ0n) is 11.2. The Morgan fingerprint density at radius 3 is 2.84 bits per heavy atom. The van der Waals surface area contributed by atoms with Gasteiger partial charge in [0.05, 0.1) is 5.54 Å². The van der Waals surface area contributed by atoms with Crippen LogP contribution in [0.4, 0.5) is 4.79 Å². The fourth-order valence-corrected chi connectivity index (χ4v) is 2.74. The molecule has 104 valence electrons. The first kappa shape index (κ1) is 13.8. The zero-order valence-corrected chi connectivity index (χ0v) is 11.2. The van der Waals surface area contributed by atoms with Crippen LogP contribution in [-0.4, -0.2) is 54.9 Å². The van der Waals surface area contributed by atoms with Gasteiger partial charge in [0.2, 0.25) is 0 Å². The average molecular weight is 263 g/mol. The van der Waals surface area contributed by atoms with Crippen molar-refractivity contribution >= 4 is 6.09 Å². The molecule has 1 heterocycles. The lowest BCUT2D eigenvalue weighted by Gasteiger charge is -2.43. The number of piperazine rings is 1. The van der Waals surface area contributed by atoms with E-state index in [9.17, 15) is 9.90 Å². The molecule has 1 aromatic rings. The Morgan fingerprint density at radius 2 is 2.21 bits per heavy atom. The first-order valence-electron chi connectivity index (χ1n) is 6.57. The highest BCUT2D eigenvalue weighted by atomic mass is 16.4. The number of nitrogens with one attached hydrogen (secondary N) is 2. The summed E-state index contributed by atoms with van der Waals surface area (Å²) in [7, 11) is 1.90. The van der Waals surface area contributed by atoms with Crippen LogP contribution in [0.1, 0.15) is 5.56 Å². The molecule has 0 spiro atoms. The van der Waals surface area contributed by atoms with Gasteiger partial charge in [-0.25, -0.2) is 4.79 Å². The second kappa shape index (κ2) is 6.04. The molecule has 0 bridgehead atoms. The summed E-state index contributed by atoms with van der Waals surface area (Å²) < 4.78 is 0. The van der Waals surface area contributed by atoms with Crippen LogP contribution < -0.4 is 10.6 Å². The van der Waals surface area contributed by atoms with Crippen molar-refractivity contribution in [3.8, 4) is 0 Å². The lowest BCUT2D eigenvalue weighted by Crippen LogP contribution is -2.66. The van der Waals surface area contributed by atoms with Crippen molar-refractivity contribution in [2.24, 2.45) is 0 Å². The highest BCUT2D eigenvalue weighted by Crippen LogP contribution is 2.18. The van der Waals surface area contributed by atoms with Crippen LogP contribution in [0.2, 0.25) is 0 Å². The first-order chi connectivity index (χ1) is 9.15. The number of nitrogens with zero attached hydrogens (tertiary/aromatic N) is 1. The second-order valence-corrected chi connectivity index (χ2v) is 5.10. The molecule has 1 unspecified atom stereocenters. The van der Waals surface area contributed by atoms with Crippen molar-refractivity contribution in [2.45, 2.75) is 12.0 Å². The van der Waals surface area contributed by atoms with Gasteiger partial charge in [-0.05, 0) is 19.0 Å².